The van der Waals surface area contributed by atoms with Gasteiger partial charge in [-0.3, -0.25) is 0 Å². The van der Waals surface area contributed by atoms with E-state index in [1.54, 1.807) is 0 Å². The maximum Gasteiger partial charge on any atom is 0.0847 e. The lowest BCUT2D eigenvalue weighted by Crippen LogP contribution is -2.20. The number of hydrogen-bond acceptors (Lipinski definition) is 2. The third-order valence-corrected chi connectivity index (χ3v) is 1.77. The summed E-state index contributed by atoms with van der Waals surface area (Å²) >= 11 is 0. The molecule has 0 bridgehead atoms. The van der Waals surface area contributed by atoms with Crippen LogP contribution in [0, 0.1) is 0 Å². The SMILES string of the molecule is [O]CCC(O)CNc1ccccc1. The number of benzene rings is 1. The van der Waals surface area contributed by atoms with Crippen molar-refractivity contribution in [1.82, 2.24) is 0 Å². The Balaban J connectivity index is 2.27. The average molecular weight is 180 g/mol. The molecule has 0 saturated heterocycles. The molecule has 0 fully saturated rings. The minimum absolute atomic E-state index is 0.225. The lowest BCUT2D eigenvalue weighted by molar-refractivity contribution is 0.112. The van der Waals surface area contributed by atoms with Gasteiger partial charge in [0.2, 0.25) is 0 Å². The maximum absolute atomic E-state index is 10.2. The maximum atomic E-state index is 10.2. The van der Waals surface area contributed by atoms with Crippen LogP contribution in [-0.2, 0) is 5.11 Å². The molecule has 0 amide bonds. The van der Waals surface area contributed by atoms with Crippen molar-refractivity contribution in [3.8, 4) is 0 Å². The summed E-state index contributed by atoms with van der Waals surface area (Å²) in [5.74, 6) is 0. The fourth-order valence-corrected chi connectivity index (χ4v) is 1.03. The Bertz CT molecular complexity index is 226. The number of anilines is 1. The highest BCUT2D eigenvalue weighted by atomic mass is 16.3. The van der Waals surface area contributed by atoms with Gasteiger partial charge in [0.05, 0.1) is 12.7 Å². The predicted molar refractivity (Wildman–Crippen MR) is 51.1 cm³/mol. The molecule has 3 heteroatoms. The summed E-state index contributed by atoms with van der Waals surface area (Å²) in [6, 6.07) is 9.61. The smallest absolute Gasteiger partial charge is 0.0847 e. The van der Waals surface area contributed by atoms with E-state index in [0.29, 0.717) is 13.0 Å². The van der Waals surface area contributed by atoms with Gasteiger partial charge in [0.15, 0.2) is 0 Å². The van der Waals surface area contributed by atoms with Gasteiger partial charge in [0, 0.05) is 18.7 Å². The summed E-state index contributed by atoms with van der Waals surface area (Å²) in [4.78, 5) is 0. The fourth-order valence-electron chi connectivity index (χ4n) is 1.03. The quantitative estimate of drug-likeness (QED) is 0.717. The zero-order chi connectivity index (χ0) is 9.52. The topological polar surface area (TPSA) is 52.2 Å². The van der Waals surface area contributed by atoms with Gasteiger partial charge < -0.3 is 10.4 Å². The Morgan fingerprint density at radius 3 is 2.62 bits per heavy atom. The van der Waals surface area contributed by atoms with Crippen LogP contribution in [0.2, 0.25) is 0 Å². The second kappa shape index (κ2) is 5.56. The summed E-state index contributed by atoms with van der Waals surface area (Å²) in [7, 11) is 0. The molecule has 0 aliphatic carbocycles. The van der Waals surface area contributed by atoms with Crippen LogP contribution in [-0.4, -0.2) is 24.4 Å². The predicted octanol–water partition coefficient (Wildman–Crippen LogP) is 1.28. The van der Waals surface area contributed by atoms with E-state index in [9.17, 15) is 10.2 Å². The fraction of sp³-hybridized carbons (Fsp3) is 0.400. The summed E-state index contributed by atoms with van der Waals surface area (Å²) in [6.07, 6.45) is -0.238. The normalized spacial score (nSPS) is 12.5. The number of aliphatic hydroxyl groups excluding tert-OH is 1. The average Bonchev–Trinajstić information content (AvgIpc) is 2.17. The van der Waals surface area contributed by atoms with Gasteiger partial charge in [-0.1, -0.05) is 18.2 Å². The van der Waals surface area contributed by atoms with E-state index in [2.05, 4.69) is 5.32 Å². The largest absolute Gasteiger partial charge is 0.391 e. The molecule has 13 heavy (non-hydrogen) atoms. The molecule has 71 valence electrons. The molecular weight excluding hydrogens is 166 g/mol. The van der Waals surface area contributed by atoms with Gasteiger partial charge in [-0.25, -0.2) is 5.11 Å². The van der Waals surface area contributed by atoms with Crippen LogP contribution in [0.1, 0.15) is 6.42 Å². The minimum atomic E-state index is -0.544. The third-order valence-electron chi connectivity index (χ3n) is 1.77. The number of hydrogen-bond donors (Lipinski definition) is 2. The second-order valence-electron chi connectivity index (χ2n) is 2.89. The van der Waals surface area contributed by atoms with Crippen LogP contribution in [0.25, 0.3) is 0 Å². The molecule has 0 spiro atoms. The molecule has 0 aliphatic heterocycles. The minimum Gasteiger partial charge on any atom is -0.391 e. The lowest BCUT2D eigenvalue weighted by atomic mass is 10.2. The van der Waals surface area contributed by atoms with Crippen molar-refractivity contribution in [3.05, 3.63) is 30.3 Å². The molecule has 1 aromatic carbocycles. The van der Waals surface area contributed by atoms with Crippen molar-refractivity contribution in [2.75, 3.05) is 18.5 Å². The van der Waals surface area contributed by atoms with Crippen LogP contribution in [0.15, 0.2) is 30.3 Å². The molecular formula is C10H14NO2. The Morgan fingerprint density at radius 2 is 2.00 bits per heavy atom. The summed E-state index contributed by atoms with van der Waals surface area (Å²) in [6.45, 7) is 0.212. The first-order chi connectivity index (χ1) is 6.33. The first-order valence-corrected chi connectivity index (χ1v) is 4.38. The van der Waals surface area contributed by atoms with Crippen LogP contribution < -0.4 is 5.32 Å². The molecule has 2 N–H and O–H groups in total. The van der Waals surface area contributed by atoms with Crippen molar-refractivity contribution < 1.29 is 10.2 Å². The van der Waals surface area contributed by atoms with Gasteiger partial charge in [-0.15, -0.1) is 0 Å². The van der Waals surface area contributed by atoms with E-state index < -0.39 is 6.10 Å². The van der Waals surface area contributed by atoms with Crippen molar-refractivity contribution in [2.45, 2.75) is 12.5 Å². The molecule has 1 radical (unpaired) electrons. The van der Waals surface area contributed by atoms with Gasteiger partial charge in [0.1, 0.15) is 0 Å². The van der Waals surface area contributed by atoms with E-state index in [1.807, 2.05) is 30.3 Å². The molecule has 0 heterocycles. The Kier molecular flexibility index (Phi) is 4.29. The molecule has 0 saturated carbocycles. The van der Waals surface area contributed by atoms with E-state index in [-0.39, 0.29) is 6.61 Å². The van der Waals surface area contributed by atoms with Gasteiger partial charge in [-0.05, 0) is 12.1 Å². The lowest BCUT2D eigenvalue weighted by Gasteiger charge is -2.10. The van der Waals surface area contributed by atoms with E-state index >= 15 is 0 Å². The summed E-state index contributed by atoms with van der Waals surface area (Å²) in [5, 5.41) is 22.5. The zero-order valence-corrected chi connectivity index (χ0v) is 7.44. The standard InChI is InChI=1S/C10H14NO2/c12-7-6-10(13)8-11-9-4-2-1-3-5-9/h1-5,10-11,13H,6-8H2. The van der Waals surface area contributed by atoms with Crippen molar-refractivity contribution in [1.29, 1.82) is 0 Å². The first kappa shape index (κ1) is 10.0. The van der Waals surface area contributed by atoms with Gasteiger partial charge in [-0.2, -0.15) is 0 Å². The molecule has 0 aromatic heterocycles. The molecule has 1 rings (SSSR count). The Hall–Kier alpha value is -1.06. The van der Waals surface area contributed by atoms with Crippen LogP contribution >= 0.6 is 0 Å². The van der Waals surface area contributed by atoms with E-state index in [1.165, 1.54) is 0 Å². The Labute approximate surface area is 78.0 Å². The molecule has 0 aliphatic rings. The summed E-state index contributed by atoms with van der Waals surface area (Å²) < 4.78 is 0. The van der Waals surface area contributed by atoms with Gasteiger partial charge in [0.25, 0.3) is 0 Å². The highest BCUT2D eigenvalue weighted by Gasteiger charge is 2.01. The summed E-state index contributed by atoms with van der Waals surface area (Å²) in [5.41, 5.74) is 0.965. The number of para-hydroxylation sites is 1. The highest BCUT2D eigenvalue weighted by Crippen LogP contribution is 2.05. The van der Waals surface area contributed by atoms with E-state index in [4.69, 9.17) is 0 Å². The number of aliphatic hydroxyl groups is 1. The molecule has 1 aromatic rings. The number of rotatable bonds is 5. The first-order valence-electron chi connectivity index (χ1n) is 4.38. The molecule has 3 nitrogen and oxygen atoms in total. The monoisotopic (exact) mass is 180 g/mol. The second-order valence-corrected chi connectivity index (χ2v) is 2.89. The van der Waals surface area contributed by atoms with Crippen LogP contribution in [0.5, 0.6) is 0 Å². The number of nitrogens with one attached hydrogen (secondary N) is 1. The van der Waals surface area contributed by atoms with Crippen LogP contribution in [0.3, 0.4) is 0 Å². The van der Waals surface area contributed by atoms with Crippen LogP contribution in [0.4, 0.5) is 5.69 Å². The van der Waals surface area contributed by atoms with E-state index in [0.717, 1.165) is 5.69 Å². The Morgan fingerprint density at radius 1 is 1.31 bits per heavy atom. The third kappa shape index (κ3) is 3.92. The van der Waals surface area contributed by atoms with Crippen molar-refractivity contribution in [2.24, 2.45) is 0 Å². The molecule has 1 unspecified atom stereocenters. The zero-order valence-electron chi connectivity index (χ0n) is 7.44. The van der Waals surface area contributed by atoms with Crippen molar-refractivity contribution >= 4 is 5.69 Å². The highest BCUT2D eigenvalue weighted by molar-refractivity contribution is 5.42. The molecule has 1 atom stereocenters. The van der Waals surface area contributed by atoms with Gasteiger partial charge >= 0.3 is 0 Å². The van der Waals surface area contributed by atoms with Crippen molar-refractivity contribution in [3.63, 3.8) is 0 Å².